The number of rotatable bonds is 10. The quantitative estimate of drug-likeness (QED) is 0.618. The molecule has 4 nitrogen and oxygen atoms in total. The van der Waals surface area contributed by atoms with Crippen LogP contribution in [0.3, 0.4) is 0 Å². The maximum Gasteiger partial charge on any atom is 0.165 e. The first kappa shape index (κ1) is 17.9. The van der Waals surface area contributed by atoms with E-state index in [1.54, 1.807) is 12.1 Å². The highest BCUT2D eigenvalue weighted by atomic mass is 19.1. The van der Waals surface area contributed by atoms with Gasteiger partial charge in [-0.1, -0.05) is 26.0 Å². The number of halogens is 1. The second kappa shape index (κ2) is 8.97. The zero-order valence-corrected chi connectivity index (χ0v) is 12.8. The minimum absolute atomic E-state index is 0.0466. The molecule has 0 saturated carbocycles. The van der Waals surface area contributed by atoms with Gasteiger partial charge in [-0.15, -0.1) is 0 Å². The molecule has 0 radical (unpaired) electrons. The van der Waals surface area contributed by atoms with E-state index in [1.807, 2.05) is 0 Å². The molecular weight excluding hydrogens is 273 g/mol. The van der Waals surface area contributed by atoms with E-state index in [4.69, 9.17) is 9.84 Å². The normalized spacial score (nSPS) is 13.2. The van der Waals surface area contributed by atoms with Crippen molar-refractivity contribution in [3.8, 4) is 5.75 Å². The summed E-state index contributed by atoms with van der Waals surface area (Å²) in [6.45, 7) is 5.59. The molecule has 0 amide bonds. The molecule has 0 aliphatic carbocycles. The van der Waals surface area contributed by atoms with Gasteiger partial charge in [0, 0.05) is 19.7 Å². The van der Waals surface area contributed by atoms with Gasteiger partial charge in [-0.2, -0.15) is 0 Å². The van der Waals surface area contributed by atoms with E-state index < -0.39 is 11.9 Å². The lowest BCUT2D eigenvalue weighted by atomic mass is 9.88. The largest absolute Gasteiger partial charge is 0.488 e. The van der Waals surface area contributed by atoms with Crippen molar-refractivity contribution in [1.29, 1.82) is 0 Å². The lowest BCUT2D eigenvalue weighted by Gasteiger charge is -2.25. The molecule has 0 saturated heterocycles. The molecule has 1 unspecified atom stereocenters. The molecule has 1 aromatic rings. The third-order valence-corrected chi connectivity index (χ3v) is 3.26. The molecule has 0 aromatic heterocycles. The summed E-state index contributed by atoms with van der Waals surface area (Å²) in [5.41, 5.74) is 0.0643. The van der Waals surface area contributed by atoms with Gasteiger partial charge in [-0.05, 0) is 30.4 Å². The van der Waals surface area contributed by atoms with Crippen LogP contribution in [0.2, 0.25) is 0 Å². The predicted octanol–water partition coefficient (Wildman–Crippen LogP) is 1.95. The van der Waals surface area contributed by atoms with Crippen LogP contribution >= 0.6 is 0 Å². The molecule has 0 aliphatic rings. The molecule has 21 heavy (non-hydrogen) atoms. The van der Waals surface area contributed by atoms with E-state index >= 15 is 0 Å². The first-order valence-electron chi connectivity index (χ1n) is 7.31. The van der Waals surface area contributed by atoms with E-state index in [-0.39, 0.29) is 24.4 Å². The fourth-order valence-corrected chi connectivity index (χ4v) is 2.03. The van der Waals surface area contributed by atoms with Crippen LogP contribution in [0.25, 0.3) is 0 Å². The molecule has 5 heteroatoms. The van der Waals surface area contributed by atoms with E-state index in [9.17, 15) is 9.50 Å². The molecular formula is C16H26FNO3. The van der Waals surface area contributed by atoms with Crippen molar-refractivity contribution in [3.05, 3.63) is 30.1 Å². The highest BCUT2D eigenvalue weighted by Gasteiger charge is 2.17. The van der Waals surface area contributed by atoms with E-state index in [1.165, 1.54) is 12.1 Å². The zero-order valence-electron chi connectivity index (χ0n) is 12.8. The highest BCUT2D eigenvalue weighted by molar-refractivity contribution is 5.23. The molecule has 0 heterocycles. The number of nitrogens with one attached hydrogen (secondary N) is 1. The van der Waals surface area contributed by atoms with Gasteiger partial charge >= 0.3 is 0 Å². The number of hydrogen-bond donors (Lipinski definition) is 3. The number of para-hydroxylation sites is 1. The number of benzene rings is 1. The highest BCUT2D eigenvalue weighted by Crippen LogP contribution is 2.20. The van der Waals surface area contributed by atoms with Crippen LogP contribution in [0.15, 0.2) is 24.3 Å². The van der Waals surface area contributed by atoms with Crippen molar-refractivity contribution in [3.63, 3.8) is 0 Å². The Morgan fingerprint density at radius 1 is 1.33 bits per heavy atom. The van der Waals surface area contributed by atoms with Crippen LogP contribution in [0.1, 0.15) is 26.7 Å². The molecule has 1 rings (SSSR count). The van der Waals surface area contributed by atoms with Crippen molar-refractivity contribution in [2.75, 3.05) is 26.3 Å². The number of aliphatic hydroxyl groups excluding tert-OH is 2. The van der Waals surface area contributed by atoms with E-state index in [0.717, 1.165) is 19.4 Å². The van der Waals surface area contributed by atoms with Crippen LogP contribution in [0.4, 0.5) is 4.39 Å². The third kappa shape index (κ3) is 7.41. The smallest absolute Gasteiger partial charge is 0.165 e. The molecule has 120 valence electrons. The zero-order chi connectivity index (χ0) is 15.7. The van der Waals surface area contributed by atoms with Crippen LogP contribution in [0, 0.1) is 11.2 Å². The maximum atomic E-state index is 13.3. The van der Waals surface area contributed by atoms with Gasteiger partial charge in [0.1, 0.15) is 12.7 Å². The Morgan fingerprint density at radius 3 is 2.71 bits per heavy atom. The van der Waals surface area contributed by atoms with Gasteiger partial charge in [-0.3, -0.25) is 0 Å². The van der Waals surface area contributed by atoms with E-state index in [0.29, 0.717) is 6.54 Å². The van der Waals surface area contributed by atoms with Crippen molar-refractivity contribution >= 4 is 0 Å². The molecule has 0 bridgehead atoms. The number of ether oxygens (including phenoxy) is 1. The van der Waals surface area contributed by atoms with E-state index in [2.05, 4.69) is 19.2 Å². The average Bonchev–Trinajstić information content (AvgIpc) is 2.44. The summed E-state index contributed by atoms with van der Waals surface area (Å²) in [5, 5.41) is 21.8. The van der Waals surface area contributed by atoms with Crippen molar-refractivity contribution in [2.45, 2.75) is 32.8 Å². The summed E-state index contributed by atoms with van der Waals surface area (Å²) in [4.78, 5) is 0. The summed E-state index contributed by atoms with van der Waals surface area (Å²) in [6, 6.07) is 6.14. The minimum atomic E-state index is -0.696. The first-order valence-corrected chi connectivity index (χ1v) is 7.31. The minimum Gasteiger partial charge on any atom is -0.488 e. The molecule has 3 N–H and O–H groups in total. The standard InChI is InChI=1S/C16H26FNO3/c1-16(2,8-5-9-19)12-18-10-13(20)11-21-15-7-4-3-6-14(15)17/h3-4,6-7,13,18-20H,5,8-12H2,1-2H3. The SMILES string of the molecule is CC(C)(CCCO)CNCC(O)COc1ccccc1F. The van der Waals surface area contributed by atoms with Crippen LogP contribution < -0.4 is 10.1 Å². The fourth-order valence-electron chi connectivity index (χ4n) is 2.03. The predicted molar refractivity (Wildman–Crippen MR) is 80.9 cm³/mol. The monoisotopic (exact) mass is 299 g/mol. The van der Waals surface area contributed by atoms with Crippen molar-refractivity contribution in [2.24, 2.45) is 5.41 Å². The second-order valence-corrected chi connectivity index (χ2v) is 6.02. The summed E-state index contributed by atoms with van der Waals surface area (Å²) in [7, 11) is 0. The lowest BCUT2D eigenvalue weighted by Crippen LogP contribution is -2.37. The third-order valence-electron chi connectivity index (χ3n) is 3.26. The van der Waals surface area contributed by atoms with Crippen molar-refractivity contribution < 1.29 is 19.3 Å². The molecule has 1 aromatic carbocycles. The Labute approximate surface area is 125 Å². The Balaban J connectivity index is 2.22. The van der Waals surface area contributed by atoms with Gasteiger partial charge in [0.2, 0.25) is 0 Å². The molecule has 0 fully saturated rings. The van der Waals surface area contributed by atoms with Crippen LogP contribution in [0.5, 0.6) is 5.75 Å². The average molecular weight is 299 g/mol. The second-order valence-electron chi connectivity index (χ2n) is 6.02. The van der Waals surface area contributed by atoms with Gasteiger partial charge in [0.15, 0.2) is 11.6 Å². The van der Waals surface area contributed by atoms with Crippen LogP contribution in [-0.2, 0) is 0 Å². The molecule has 1 atom stereocenters. The fraction of sp³-hybridized carbons (Fsp3) is 0.625. The Kier molecular flexibility index (Phi) is 7.64. The summed E-state index contributed by atoms with van der Waals surface area (Å²) in [5.74, 6) is -0.275. The van der Waals surface area contributed by atoms with Crippen molar-refractivity contribution in [1.82, 2.24) is 5.32 Å². The Bertz CT molecular complexity index is 412. The van der Waals surface area contributed by atoms with Gasteiger partial charge in [-0.25, -0.2) is 4.39 Å². The number of aliphatic hydroxyl groups is 2. The van der Waals surface area contributed by atoms with Gasteiger partial charge in [0.05, 0.1) is 0 Å². The summed E-state index contributed by atoms with van der Waals surface area (Å²) >= 11 is 0. The molecule has 0 spiro atoms. The lowest BCUT2D eigenvalue weighted by molar-refractivity contribution is 0.101. The Morgan fingerprint density at radius 2 is 2.05 bits per heavy atom. The maximum absolute atomic E-state index is 13.3. The summed E-state index contributed by atoms with van der Waals surface area (Å²) in [6.07, 6.45) is 0.990. The summed E-state index contributed by atoms with van der Waals surface area (Å²) < 4.78 is 18.6. The van der Waals surface area contributed by atoms with Gasteiger partial charge < -0.3 is 20.3 Å². The first-order chi connectivity index (χ1) is 9.94. The van der Waals surface area contributed by atoms with Crippen LogP contribution in [-0.4, -0.2) is 42.6 Å². The topological polar surface area (TPSA) is 61.7 Å². The Hall–Kier alpha value is -1.17. The number of hydrogen-bond acceptors (Lipinski definition) is 4. The molecule has 0 aliphatic heterocycles. The van der Waals surface area contributed by atoms with Gasteiger partial charge in [0.25, 0.3) is 0 Å².